The quantitative estimate of drug-likeness (QED) is 0.0578. The average molecular weight is 586 g/mol. The SMILES string of the molecule is CC(C)C=C(C#N)C(=O)NCCCCC(NC(=O)[C@@H](NC(=O)C(C)C)[C@@H](C)O)C(=O)N[C@@H](Cc1ccccc1)B(O)O. The van der Waals surface area contributed by atoms with Crippen molar-refractivity contribution in [3.63, 3.8) is 0 Å². The first kappa shape index (κ1) is 36.3. The second kappa shape index (κ2) is 18.7. The van der Waals surface area contributed by atoms with Crippen LogP contribution < -0.4 is 21.3 Å². The number of carbonyl (C=O) groups excluding carboxylic acids is 4. The zero-order valence-corrected chi connectivity index (χ0v) is 25.0. The topological polar surface area (TPSA) is 201 Å². The molecule has 0 radical (unpaired) electrons. The normalized spacial score (nSPS) is 14.3. The lowest BCUT2D eigenvalue weighted by Gasteiger charge is -2.27. The van der Waals surface area contributed by atoms with E-state index in [-0.39, 0.29) is 30.9 Å². The predicted octanol–water partition coefficient (Wildman–Crippen LogP) is 0.125. The Kier molecular flexibility index (Phi) is 16.1. The fourth-order valence-electron chi connectivity index (χ4n) is 3.91. The highest BCUT2D eigenvalue weighted by molar-refractivity contribution is 6.43. The highest BCUT2D eigenvalue weighted by Crippen LogP contribution is 2.09. The minimum atomic E-state index is -1.88. The summed E-state index contributed by atoms with van der Waals surface area (Å²) < 4.78 is 0. The van der Waals surface area contributed by atoms with Crippen LogP contribution >= 0.6 is 0 Å². The summed E-state index contributed by atoms with van der Waals surface area (Å²) in [5.74, 6) is -3.94. The summed E-state index contributed by atoms with van der Waals surface area (Å²) in [5, 5.41) is 49.5. The number of aliphatic hydroxyl groups is 1. The lowest BCUT2D eigenvalue weighted by atomic mass is 9.75. The molecule has 12 nitrogen and oxygen atoms in total. The minimum Gasteiger partial charge on any atom is -0.426 e. The summed E-state index contributed by atoms with van der Waals surface area (Å²) in [6.45, 7) is 8.51. The van der Waals surface area contributed by atoms with Crippen LogP contribution in [0.1, 0.15) is 59.4 Å². The van der Waals surface area contributed by atoms with Crippen molar-refractivity contribution in [1.82, 2.24) is 21.3 Å². The van der Waals surface area contributed by atoms with Gasteiger partial charge >= 0.3 is 7.12 Å². The number of hydrogen-bond donors (Lipinski definition) is 7. The summed E-state index contributed by atoms with van der Waals surface area (Å²) >= 11 is 0. The Morgan fingerprint density at radius 1 is 0.929 bits per heavy atom. The van der Waals surface area contributed by atoms with E-state index >= 15 is 0 Å². The third-order valence-electron chi connectivity index (χ3n) is 6.28. The lowest BCUT2D eigenvalue weighted by Crippen LogP contribution is -2.59. The Hall–Kier alpha value is -3.73. The molecule has 1 unspecified atom stereocenters. The highest BCUT2D eigenvalue weighted by Gasteiger charge is 2.33. The van der Waals surface area contributed by atoms with Crippen LogP contribution in [0.5, 0.6) is 0 Å². The Morgan fingerprint density at radius 2 is 1.57 bits per heavy atom. The summed E-state index contributed by atoms with van der Waals surface area (Å²) in [6.07, 6.45) is 1.28. The molecule has 0 heterocycles. The molecule has 1 rings (SSSR count). The molecule has 0 aliphatic rings. The van der Waals surface area contributed by atoms with Crippen LogP contribution in [0.3, 0.4) is 0 Å². The second-order valence-electron chi connectivity index (χ2n) is 10.8. The van der Waals surface area contributed by atoms with E-state index in [9.17, 15) is 39.6 Å². The fourth-order valence-corrected chi connectivity index (χ4v) is 3.91. The van der Waals surface area contributed by atoms with Gasteiger partial charge in [0, 0.05) is 12.5 Å². The molecule has 0 saturated carbocycles. The van der Waals surface area contributed by atoms with Gasteiger partial charge in [-0.05, 0) is 44.1 Å². The van der Waals surface area contributed by atoms with Crippen molar-refractivity contribution < 1.29 is 34.3 Å². The van der Waals surface area contributed by atoms with Gasteiger partial charge in [0.25, 0.3) is 5.91 Å². The number of nitriles is 1. The van der Waals surface area contributed by atoms with Crippen LogP contribution in [-0.2, 0) is 25.6 Å². The molecule has 4 amide bonds. The molecule has 0 aliphatic carbocycles. The number of unbranched alkanes of at least 4 members (excludes halogenated alkanes) is 1. The number of aliphatic hydroxyl groups excluding tert-OH is 1. The van der Waals surface area contributed by atoms with Crippen LogP contribution in [-0.4, -0.2) is 76.6 Å². The molecule has 1 aromatic carbocycles. The Labute approximate surface area is 248 Å². The average Bonchev–Trinajstić information content (AvgIpc) is 2.92. The van der Waals surface area contributed by atoms with Gasteiger partial charge in [-0.25, -0.2) is 0 Å². The Balaban J connectivity index is 2.99. The monoisotopic (exact) mass is 585 g/mol. The summed E-state index contributed by atoms with van der Waals surface area (Å²) in [4.78, 5) is 50.8. The first-order valence-electron chi connectivity index (χ1n) is 14.2. The number of benzene rings is 1. The molecule has 0 fully saturated rings. The second-order valence-corrected chi connectivity index (χ2v) is 10.8. The molecule has 4 atom stereocenters. The molecule has 0 spiro atoms. The number of hydrogen-bond acceptors (Lipinski definition) is 8. The maximum absolute atomic E-state index is 13.3. The molecule has 42 heavy (non-hydrogen) atoms. The molecular formula is C29H44BN5O7. The smallest absolute Gasteiger partial charge is 0.426 e. The molecule has 13 heteroatoms. The van der Waals surface area contributed by atoms with Crippen LogP contribution in [0.2, 0.25) is 0 Å². The summed E-state index contributed by atoms with van der Waals surface area (Å²) in [7, 11) is -1.88. The molecule has 7 N–H and O–H groups in total. The van der Waals surface area contributed by atoms with Gasteiger partial charge < -0.3 is 36.4 Å². The maximum Gasteiger partial charge on any atom is 0.475 e. The van der Waals surface area contributed by atoms with Gasteiger partial charge in [0.05, 0.1) is 12.0 Å². The Bertz CT molecular complexity index is 1100. The van der Waals surface area contributed by atoms with Crippen LogP contribution in [0.15, 0.2) is 42.0 Å². The molecule has 0 saturated heterocycles. The Morgan fingerprint density at radius 3 is 2.10 bits per heavy atom. The lowest BCUT2D eigenvalue weighted by molar-refractivity contribution is -0.135. The predicted molar refractivity (Wildman–Crippen MR) is 158 cm³/mol. The molecular weight excluding hydrogens is 541 g/mol. The van der Waals surface area contributed by atoms with Gasteiger partial charge in [-0.1, -0.05) is 64.1 Å². The zero-order valence-electron chi connectivity index (χ0n) is 25.0. The standard InChI is InChI=1S/C29H44BN5O7/c1-18(2)15-22(17-31)27(38)32-14-10-9-13-23(33-29(40)25(20(5)36)35-26(37)19(3)4)28(39)34-24(30(41)42)16-21-11-7-6-8-12-21/h6-8,11-12,15,18-20,23-25,36,41-42H,9-10,13-14,16H2,1-5H3,(H,32,38)(H,33,40)(H,34,39)(H,35,37)/t20-,23?,24+,25+/m1/s1. The third kappa shape index (κ3) is 13.3. The van der Waals surface area contributed by atoms with Gasteiger partial charge in [0.1, 0.15) is 23.7 Å². The molecule has 0 bridgehead atoms. The van der Waals surface area contributed by atoms with Crippen molar-refractivity contribution >= 4 is 30.7 Å². The van der Waals surface area contributed by atoms with Gasteiger partial charge in [-0.15, -0.1) is 0 Å². The number of carbonyl (C=O) groups is 4. The van der Waals surface area contributed by atoms with Gasteiger partial charge in [0.2, 0.25) is 17.7 Å². The molecule has 1 aromatic rings. The number of nitrogens with one attached hydrogen (secondary N) is 4. The van der Waals surface area contributed by atoms with Crippen molar-refractivity contribution in [1.29, 1.82) is 5.26 Å². The zero-order chi connectivity index (χ0) is 31.8. The minimum absolute atomic E-state index is 0.00847. The first-order chi connectivity index (χ1) is 19.8. The van der Waals surface area contributed by atoms with Crippen molar-refractivity contribution in [3.05, 3.63) is 47.5 Å². The van der Waals surface area contributed by atoms with Crippen molar-refractivity contribution in [3.8, 4) is 6.07 Å². The maximum atomic E-state index is 13.3. The van der Waals surface area contributed by atoms with Crippen LogP contribution in [0.25, 0.3) is 0 Å². The van der Waals surface area contributed by atoms with Crippen molar-refractivity contribution in [2.75, 3.05) is 6.54 Å². The van der Waals surface area contributed by atoms with Crippen molar-refractivity contribution in [2.24, 2.45) is 11.8 Å². The number of rotatable bonds is 17. The van der Waals surface area contributed by atoms with E-state index in [0.717, 1.165) is 5.56 Å². The van der Waals surface area contributed by atoms with E-state index in [4.69, 9.17) is 0 Å². The summed E-state index contributed by atoms with van der Waals surface area (Å²) in [6, 6.07) is 8.29. The summed E-state index contributed by atoms with van der Waals surface area (Å²) in [5.41, 5.74) is 0.759. The van der Waals surface area contributed by atoms with E-state index in [1.54, 1.807) is 50.3 Å². The van der Waals surface area contributed by atoms with Crippen LogP contribution in [0, 0.1) is 23.2 Å². The van der Waals surface area contributed by atoms with Gasteiger partial charge in [0.15, 0.2) is 0 Å². The van der Waals surface area contributed by atoms with E-state index in [1.807, 2.05) is 19.9 Å². The van der Waals surface area contributed by atoms with E-state index in [0.29, 0.717) is 12.8 Å². The number of amides is 4. The molecule has 0 aromatic heterocycles. The third-order valence-corrected chi connectivity index (χ3v) is 6.28. The highest BCUT2D eigenvalue weighted by atomic mass is 16.4. The van der Waals surface area contributed by atoms with Gasteiger partial charge in [-0.3, -0.25) is 19.2 Å². The van der Waals surface area contributed by atoms with E-state index in [1.165, 1.54) is 6.92 Å². The van der Waals surface area contributed by atoms with E-state index < -0.39 is 60.8 Å². The molecule has 0 aliphatic heterocycles. The van der Waals surface area contributed by atoms with E-state index in [2.05, 4.69) is 21.3 Å². The largest absolute Gasteiger partial charge is 0.475 e. The molecule has 230 valence electrons. The van der Waals surface area contributed by atoms with Crippen molar-refractivity contribution in [2.45, 2.75) is 84.4 Å². The number of nitrogens with zero attached hydrogens (tertiary/aromatic N) is 1. The van der Waals surface area contributed by atoms with Crippen LogP contribution in [0.4, 0.5) is 0 Å². The van der Waals surface area contributed by atoms with Gasteiger partial charge in [-0.2, -0.15) is 5.26 Å². The fraction of sp³-hybridized carbons (Fsp3) is 0.552. The number of allylic oxidation sites excluding steroid dienone is 1. The first-order valence-corrected chi connectivity index (χ1v) is 14.2.